The van der Waals surface area contributed by atoms with Crippen LogP contribution in [0.5, 0.6) is 0 Å². The highest BCUT2D eigenvalue weighted by molar-refractivity contribution is 6.54. The zero-order valence-corrected chi connectivity index (χ0v) is 21.4. The van der Waals surface area contributed by atoms with Crippen LogP contribution in [-0.4, -0.2) is 41.5 Å². The zero-order valence-electron chi connectivity index (χ0n) is 19.2. The van der Waals surface area contributed by atoms with Crippen molar-refractivity contribution >= 4 is 64.0 Å². The van der Waals surface area contributed by atoms with Crippen LogP contribution in [0, 0.1) is 5.92 Å². The van der Waals surface area contributed by atoms with Crippen molar-refractivity contribution in [3.63, 3.8) is 0 Å². The van der Waals surface area contributed by atoms with Crippen molar-refractivity contribution in [2.45, 2.75) is 37.3 Å². The van der Waals surface area contributed by atoms with Gasteiger partial charge in [-0.1, -0.05) is 72.0 Å². The van der Waals surface area contributed by atoms with Gasteiger partial charge in [-0.25, -0.2) is 4.79 Å². The Labute approximate surface area is 217 Å². The van der Waals surface area contributed by atoms with Gasteiger partial charge in [0.05, 0.1) is 23.4 Å². The van der Waals surface area contributed by atoms with Gasteiger partial charge in [0, 0.05) is 17.7 Å². The van der Waals surface area contributed by atoms with Gasteiger partial charge in [0.2, 0.25) is 0 Å². The van der Waals surface area contributed by atoms with Crippen LogP contribution in [0.2, 0.25) is 5.02 Å². The summed E-state index contributed by atoms with van der Waals surface area (Å²) >= 11 is 17.7. The summed E-state index contributed by atoms with van der Waals surface area (Å²) in [4.78, 5) is 41.5. The topological polar surface area (TPSA) is 106 Å². The number of hydrogen-bond acceptors (Lipinski definition) is 6. The standard InChI is InChI=1S/C24H24Cl3N3O5/c1-12(2)20(24(33)34-3)29-22(31)15-8-5-9-16(25)19(15)17-11-18(35-30-17)13-6-4-7-14(10-13)28-23(32)21(26)27/h4-10,12,18,20-21H,11H2,1-3H3,(H,28,32)(H,29,31)/t18?,20-/m0/s1. The van der Waals surface area contributed by atoms with E-state index in [0.717, 1.165) is 5.56 Å². The van der Waals surface area contributed by atoms with Gasteiger partial charge >= 0.3 is 5.97 Å². The van der Waals surface area contributed by atoms with Crippen molar-refractivity contribution in [2.75, 3.05) is 12.4 Å². The zero-order chi connectivity index (χ0) is 25.7. The van der Waals surface area contributed by atoms with Crippen molar-refractivity contribution in [1.29, 1.82) is 0 Å². The molecule has 35 heavy (non-hydrogen) atoms. The number of benzene rings is 2. The summed E-state index contributed by atoms with van der Waals surface area (Å²) < 4.78 is 4.81. The van der Waals surface area contributed by atoms with Crippen LogP contribution in [0.3, 0.4) is 0 Å². The van der Waals surface area contributed by atoms with Crippen molar-refractivity contribution in [3.05, 3.63) is 64.2 Å². The molecule has 1 unspecified atom stereocenters. The van der Waals surface area contributed by atoms with Gasteiger partial charge < -0.3 is 20.2 Å². The van der Waals surface area contributed by atoms with Crippen LogP contribution < -0.4 is 10.6 Å². The highest BCUT2D eigenvalue weighted by Gasteiger charge is 2.31. The summed E-state index contributed by atoms with van der Waals surface area (Å²) in [5.74, 6) is -1.77. The number of hydrogen-bond donors (Lipinski definition) is 2. The van der Waals surface area contributed by atoms with Crippen molar-refractivity contribution in [3.8, 4) is 0 Å². The van der Waals surface area contributed by atoms with E-state index in [4.69, 9.17) is 44.4 Å². The van der Waals surface area contributed by atoms with E-state index in [-0.39, 0.29) is 11.5 Å². The Balaban J connectivity index is 1.82. The van der Waals surface area contributed by atoms with Gasteiger partial charge in [0.25, 0.3) is 11.8 Å². The molecule has 0 fully saturated rings. The molecule has 0 saturated carbocycles. The van der Waals surface area contributed by atoms with E-state index in [1.807, 2.05) is 6.07 Å². The Morgan fingerprint density at radius 1 is 1.14 bits per heavy atom. The third-order valence-electron chi connectivity index (χ3n) is 5.35. The molecule has 8 nitrogen and oxygen atoms in total. The molecule has 2 aromatic carbocycles. The molecule has 186 valence electrons. The fourth-order valence-electron chi connectivity index (χ4n) is 3.57. The van der Waals surface area contributed by atoms with E-state index >= 15 is 0 Å². The summed E-state index contributed by atoms with van der Waals surface area (Å²) in [6, 6.07) is 11.1. The van der Waals surface area contributed by atoms with Gasteiger partial charge in [0.15, 0.2) is 10.9 Å². The number of carbonyl (C=O) groups is 3. The van der Waals surface area contributed by atoms with Crippen LogP contribution >= 0.6 is 34.8 Å². The van der Waals surface area contributed by atoms with Crippen LogP contribution in [0.25, 0.3) is 0 Å². The summed E-state index contributed by atoms with van der Waals surface area (Å²) in [7, 11) is 1.27. The Morgan fingerprint density at radius 3 is 2.51 bits per heavy atom. The maximum atomic E-state index is 13.1. The van der Waals surface area contributed by atoms with E-state index in [1.54, 1.807) is 50.2 Å². The van der Waals surface area contributed by atoms with Crippen LogP contribution in [0.4, 0.5) is 5.69 Å². The molecule has 2 amide bonds. The minimum atomic E-state index is -1.20. The number of amides is 2. The number of ether oxygens (including phenoxy) is 1. The lowest BCUT2D eigenvalue weighted by atomic mass is 9.95. The van der Waals surface area contributed by atoms with Crippen molar-refractivity contribution in [2.24, 2.45) is 11.1 Å². The first-order valence-corrected chi connectivity index (χ1v) is 12.0. The second kappa shape index (κ2) is 11.7. The molecule has 1 heterocycles. The second-order valence-electron chi connectivity index (χ2n) is 8.13. The molecule has 1 aliphatic heterocycles. The average molecular weight is 541 g/mol. The molecule has 0 spiro atoms. The molecular formula is C24H24Cl3N3O5. The van der Waals surface area contributed by atoms with Gasteiger partial charge in [-0.05, 0) is 35.7 Å². The Morgan fingerprint density at radius 2 is 1.86 bits per heavy atom. The predicted molar refractivity (Wildman–Crippen MR) is 135 cm³/mol. The summed E-state index contributed by atoms with van der Waals surface area (Å²) in [5.41, 5.74) is 2.38. The van der Waals surface area contributed by atoms with Crippen LogP contribution in [-0.2, 0) is 19.2 Å². The number of alkyl halides is 2. The lowest BCUT2D eigenvalue weighted by Gasteiger charge is -2.20. The van der Waals surface area contributed by atoms with Crippen molar-refractivity contribution in [1.82, 2.24) is 5.32 Å². The van der Waals surface area contributed by atoms with Crippen LogP contribution in [0.15, 0.2) is 47.6 Å². The maximum Gasteiger partial charge on any atom is 0.328 e. The van der Waals surface area contributed by atoms with Gasteiger partial charge in [0.1, 0.15) is 6.04 Å². The largest absolute Gasteiger partial charge is 0.467 e. The molecule has 2 atom stereocenters. The normalized spacial score (nSPS) is 15.9. The third kappa shape index (κ3) is 6.45. The number of anilines is 1. The number of nitrogens with zero attached hydrogens (tertiary/aromatic N) is 1. The van der Waals surface area contributed by atoms with Gasteiger partial charge in [-0.3, -0.25) is 9.59 Å². The first kappa shape index (κ1) is 26.8. The summed E-state index contributed by atoms with van der Waals surface area (Å²) in [5, 5.41) is 9.84. The first-order chi connectivity index (χ1) is 16.6. The number of esters is 1. The number of rotatable bonds is 8. The molecule has 1 aliphatic rings. The van der Waals surface area contributed by atoms with E-state index in [9.17, 15) is 14.4 Å². The number of carbonyl (C=O) groups excluding carboxylic acids is 3. The Hall–Kier alpha value is -2.81. The number of nitrogens with one attached hydrogen (secondary N) is 2. The molecule has 0 saturated heterocycles. The molecule has 2 N–H and O–H groups in total. The summed E-state index contributed by atoms with van der Waals surface area (Å²) in [6.45, 7) is 3.61. The van der Waals surface area contributed by atoms with E-state index < -0.39 is 34.8 Å². The van der Waals surface area contributed by atoms with E-state index in [0.29, 0.717) is 28.4 Å². The van der Waals surface area contributed by atoms with Crippen molar-refractivity contribution < 1.29 is 24.0 Å². The third-order valence-corrected chi connectivity index (χ3v) is 6.06. The Kier molecular flexibility index (Phi) is 8.99. The molecule has 2 aromatic rings. The summed E-state index contributed by atoms with van der Waals surface area (Å²) in [6.07, 6.45) is -0.157. The second-order valence-corrected chi connectivity index (χ2v) is 9.64. The number of methoxy groups -OCH3 is 1. The van der Waals surface area contributed by atoms with E-state index in [1.165, 1.54) is 7.11 Å². The molecule has 3 rings (SSSR count). The molecular weight excluding hydrogens is 517 g/mol. The maximum absolute atomic E-state index is 13.1. The minimum Gasteiger partial charge on any atom is -0.467 e. The van der Waals surface area contributed by atoms with Gasteiger partial charge in [-0.2, -0.15) is 0 Å². The number of oxime groups is 1. The smallest absolute Gasteiger partial charge is 0.328 e. The number of halogens is 3. The predicted octanol–water partition coefficient (Wildman–Crippen LogP) is 4.88. The minimum absolute atomic E-state index is 0.189. The molecule has 0 aromatic heterocycles. The molecule has 11 heteroatoms. The SMILES string of the molecule is COC(=O)[C@@H](NC(=O)c1cccc(Cl)c1C1=NOC(c2cccc(NC(=O)C(Cl)Cl)c2)C1)C(C)C. The fourth-order valence-corrected chi connectivity index (χ4v) is 3.96. The first-order valence-electron chi connectivity index (χ1n) is 10.7. The highest BCUT2D eigenvalue weighted by Crippen LogP contribution is 2.34. The molecule has 0 radical (unpaired) electrons. The van der Waals surface area contributed by atoms with E-state index in [2.05, 4.69) is 15.8 Å². The monoisotopic (exact) mass is 539 g/mol. The molecule has 0 aliphatic carbocycles. The fraction of sp³-hybridized carbons (Fsp3) is 0.333. The average Bonchev–Trinajstić information content (AvgIpc) is 3.31. The highest BCUT2D eigenvalue weighted by atomic mass is 35.5. The lowest BCUT2D eigenvalue weighted by molar-refractivity contribution is -0.144. The Bertz CT molecular complexity index is 1150. The van der Waals surface area contributed by atoms with Crippen LogP contribution in [0.1, 0.15) is 47.9 Å². The quantitative estimate of drug-likeness (QED) is 0.367. The van der Waals surface area contributed by atoms with Gasteiger partial charge in [-0.15, -0.1) is 0 Å². The lowest BCUT2D eigenvalue weighted by Crippen LogP contribution is -2.45. The molecule has 0 bridgehead atoms.